The Kier molecular flexibility index (Phi) is 3.31. The van der Waals surface area contributed by atoms with Crippen molar-refractivity contribution in [3.63, 3.8) is 0 Å². The normalized spacial score (nSPS) is 29.0. The number of nitrogens with zero attached hydrogens (tertiary/aromatic N) is 1. The van der Waals surface area contributed by atoms with Crippen LogP contribution >= 0.6 is 0 Å². The number of nitrogens with one attached hydrogen (secondary N) is 1. The van der Waals surface area contributed by atoms with Crippen LogP contribution < -0.4 is 5.32 Å². The van der Waals surface area contributed by atoms with Crippen molar-refractivity contribution in [3.8, 4) is 0 Å². The van der Waals surface area contributed by atoms with E-state index in [9.17, 15) is 22.8 Å². The monoisotopic (exact) mass is 314 g/mol. The molecule has 7 nitrogen and oxygen atoms in total. The van der Waals surface area contributed by atoms with Gasteiger partial charge in [0.2, 0.25) is 11.8 Å². The molecular formula is C13H18N2O5S. The summed E-state index contributed by atoms with van der Waals surface area (Å²) in [6.07, 6.45) is 3.02. The van der Waals surface area contributed by atoms with Gasteiger partial charge in [0.1, 0.15) is 15.3 Å². The van der Waals surface area contributed by atoms with Gasteiger partial charge in [-0.2, -0.15) is 0 Å². The minimum atomic E-state index is -3.06. The van der Waals surface area contributed by atoms with Gasteiger partial charge in [-0.15, -0.1) is 0 Å². The Balaban J connectivity index is 1.86. The highest BCUT2D eigenvalue weighted by Gasteiger charge is 2.56. The molecule has 1 N–H and O–H groups in total. The zero-order valence-electron chi connectivity index (χ0n) is 11.6. The van der Waals surface area contributed by atoms with Crippen LogP contribution in [0.3, 0.4) is 0 Å². The van der Waals surface area contributed by atoms with Crippen LogP contribution in [0, 0.1) is 5.41 Å². The summed E-state index contributed by atoms with van der Waals surface area (Å²) in [5.41, 5.74) is -1.11. The van der Waals surface area contributed by atoms with Crippen molar-refractivity contribution in [2.45, 2.75) is 44.6 Å². The second-order valence-corrected chi connectivity index (χ2v) is 8.41. The van der Waals surface area contributed by atoms with Crippen LogP contribution in [0.2, 0.25) is 0 Å². The predicted molar refractivity (Wildman–Crippen MR) is 73.0 cm³/mol. The number of carbonyl (C=O) groups excluding carboxylic acids is 3. The molecule has 0 aromatic heterocycles. The first-order valence-electron chi connectivity index (χ1n) is 7.25. The van der Waals surface area contributed by atoms with Gasteiger partial charge in [-0.05, 0) is 25.7 Å². The Morgan fingerprint density at radius 3 is 2.19 bits per heavy atom. The Hall–Kier alpha value is -1.44. The minimum absolute atomic E-state index is 0.0182. The summed E-state index contributed by atoms with van der Waals surface area (Å²) in [4.78, 5) is 38.0. The molecule has 1 aliphatic carbocycles. The molecule has 0 radical (unpaired) electrons. The number of rotatable bonds is 1. The molecule has 0 bridgehead atoms. The third-order valence-corrected chi connectivity index (χ3v) is 6.56. The van der Waals surface area contributed by atoms with E-state index in [4.69, 9.17) is 0 Å². The van der Waals surface area contributed by atoms with E-state index in [1.807, 2.05) is 0 Å². The maximum atomic E-state index is 12.7. The molecule has 21 heavy (non-hydrogen) atoms. The lowest BCUT2D eigenvalue weighted by Crippen LogP contribution is -2.66. The van der Waals surface area contributed by atoms with Crippen LogP contribution in [0.15, 0.2) is 0 Å². The molecule has 2 saturated heterocycles. The van der Waals surface area contributed by atoms with Crippen molar-refractivity contribution in [2.75, 3.05) is 11.5 Å². The summed E-state index contributed by atoms with van der Waals surface area (Å²) in [5, 5.41) is 2.29. The van der Waals surface area contributed by atoms with Crippen LogP contribution in [-0.4, -0.2) is 48.7 Å². The Bertz CT molecular complexity index is 592. The van der Waals surface area contributed by atoms with Gasteiger partial charge in [-0.1, -0.05) is 12.8 Å². The zero-order chi connectivity index (χ0) is 15.3. The lowest BCUT2D eigenvalue weighted by atomic mass is 9.81. The largest absolute Gasteiger partial charge is 0.331 e. The summed E-state index contributed by atoms with van der Waals surface area (Å²) in [6, 6.07) is -1.13. The van der Waals surface area contributed by atoms with Crippen molar-refractivity contribution < 1.29 is 22.8 Å². The Morgan fingerprint density at radius 1 is 1.05 bits per heavy atom. The maximum absolute atomic E-state index is 12.7. The van der Waals surface area contributed by atoms with Crippen molar-refractivity contribution in [2.24, 2.45) is 5.41 Å². The average Bonchev–Trinajstić information content (AvgIpc) is 2.89. The number of sulfone groups is 1. The van der Waals surface area contributed by atoms with E-state index in [1.54, 1.807) is 0 Å². The molecule has 1 saturated carbocycles. The van der Waals surface area contributed by atoms with Crippen LogP contribution in [0.1, 0.15) is 38.5 Å². The van der Waals surface area contributed by atoms with Crippen molar-refractivity contribution in [1.82, 2.24) is 10.2 Å². The summed E-state index contributed by atoms with van der Waals surface area (Å²) in [5.74, 6) is -0.960. The van der Waals surface area contributed by atoms with Crippen molar-refractivity contribution >= 4 is 27.7 Å². The third-order valence-electron chi connectivity index (χ3n) is 4.85. The average molecular weight is 314 g/mol. The van der Waals surface area contributed by atoms with E-state index in [-0.39, 0.29) is 24.3 Å². The maximum Gasteiger partial charge on any atom is 0.331 e. The first-order chi connectivity index (χ1) is 9.86. The van der Waals surface area contributed by atoms with E-state index in [0.717, 1.165) is 17.7 Å². The topological polar surface area (TPSA) is 101 Å². The summed E-state index contributed by atoms with van der Waals surface area (Å²) in [7, 11) is -3.06. The number of amides is 4. The van der Waals surface area contributed by atoms with Crippen LogP contribution in [0.5, 0.6) is 0 Å². The van der Waals surface area contributed by atoms with E-state index >= 15 is 0 Å². The van der Waals surface area contributed by atoms with Gasteiger partial charge in [-0.25, -0.2) is 13.2 Å². The molecule has 0 aromatic rings. The van der Waals surface area contributed by atoms with E-state index < -0.39 is 39.1 Å². The summed E-state index contributed by atoms with van der Waals surface area (Å²) < 4.78 is 23.0. The van der Waals surface area contributed by atoms with E-state index in [0.29, 0.717) is 12.8 Å². The Labute approximate surface area is 123 Å². The van der Waals surface area contributed by atoms with E-state index in [1.165, 1.54) is 0 Å². The first-order valence-corrected chi connectivity index (χ1v) is 9.07. The second-order valence-electron chi connectivity index (χ2n) is 6.11. The third kappa shape index (κ3) is 2.25. The fourth-order valence-corrected chi connectivity index (χ4v) is 5.05. The van der Waals surface area contributed by atoms with Gasteiger partial charge in [0, 0.05) is 6.04 Å². The molecule has 2 aliphatic heterocycles. The lowest BCUT2D eigenvalue weighted by molar-refractivity contribution is -0.152. The van der Waals surface area contributed by atoms with Crippen LogP contribution in [0.4, 0.5) is 4.79 Å². The molecule has 0 atom stereocenters. The highest BCUT2D eigenvalue weighted by atomic mass is 32.2. The zero-order valence-corrected chi connectivity index (χ0v) is 12.4. The number of barbiturate groups is 1. The Morgan fingerprint density at radius 2 is 1.62 bits per heavy atom. The van der Waals surface area contributed by atoms with Gasteiger partial charge in [-0.3, -0.25) is 19.8 Å². The summed E-state index contributed by atoms with van der Waals surface area (Å²) in [6.45, 7) is 0. The molecule has 2 heterocycles. The van der Waals surface area contributed by atoms with Gasteiger partial charge >= 0.3 is 6.03 Å². The van der Waals surface area contributed by atoms with Gasteiger partial charge in [0.05, 0.1) is 11.5 Å². The number of hydrogen-bond acceptors (Lipinski definition) is 5. The fraction of sp³-hybridized carbons (Fsp3) is 0.769. The molecule has 8 heteroatoms. The number of imide groups is 2. The lowest BCUT2D eigenvalue weighted by Gasteiger charge is -2.41. The molecule has 3 fully saturated rings. The SMILES string of the molecule is O=C1NC(=O)C2(CCCC2)C(=O)N1C1CCS(=O)(=O)CC1. The quantitative estimate of drug-likeness (QED) is 0.697. The number of hydrogen-bond donors (Lipinski definition) is 1. The molecule has 3 rings (SSSR count). The smallest absolute Gasteiger partial charge is 0.277 e. The minimum Gasteiger partial charge on any atom is -0.277 e. The van der Waals surface area contributed by atoms with Crippen LogP contribution in [-0.2, 0) is 19.4 Å². The number of urea groups is 1. The van der Waals surface area contributed by atoms with Gasteiger partial charge < -0.3 is 0 Å². The highest BCUT2D eigenvalue weighted by Crippen LogP contribution is 2.42. The van der Waals surface area contributed by atoms with Crippen molar-refractivity contribution in [3.05, 3.63) is 0 Å². The van der Waals surface area contributed by atoms with Crippen LogP contribution in [0.25, 0.3) is 0 Å². The number of carbonyl (C=O) groups is 3. The predicted octanol–water partition coefficient (Wildman–Crippen LogP) is 0.202. The first kappa shape index (κ1) is 14.5. The fourth-order valence-electron chi connectivity index (χ4n) is 3.58. The van der Waals surface area contributed by atoms with Gasteiger partial charge in [0.25, 0.3) is 0 Å². The highest BCUT2D eigenvalue weighted by molar-refractivity contribution is 7.91. The molecule has 3 aliphatic rings. The molecule has 0 unspecified atom stereocenters. The molecule has 0 aromatic carbocycles. The molecule has 1 spiro atoms. The van der Waals surface area contributed by atoms with E-state index in [2.05, 4.69) is 5.32 Å². The second kappa shape index (κ2) is 4.79. The summed E-state index contributed by atoms with van der Waals surface area (Å²) >= 11 is 0. The standard InChI is InChI=1S/C13H18N2O5S/c16-10-13(5-1-2-6-13)11(17)15(12(18)14-10)9-3-7-21(19,20)8-4-9/h9H,1-8H2,(H,14,16,18). The molecule has 4 amide bonds. The van der Waals surface area contributed by atoms with Crippen molar-refractivity contribution in [1.29, 1.82) is 0 Å². The molecular weight excluding hydrogens is 296 g/mol. The molecule has 116 valence electrons. The van der Waals surface area contributed by atoms with Gasteiger partial charge in [0.15, 0.2) is 0 Å².